The van der Waals surface area contributed by atoms with Gasteiger partial charge in [0.05, 0.1) is 5.56 Å². The summed E-state index contributed by atoms with van der Waals surface area (Å²) in [5.41, 5.74) is -0.589. The van der Waals surface area contributed by atoms with Gasteiger partial charge in [-0.25, -0.2) is 8.78 Å². The maximum absolute atomic E-state index is 13.4. The molecule has 0 unspecified atom stereocenters. The van der Waals surface area contributed by atoms with Crippen LogP contribution in [0.25, 0.3) is 0 Å². The predicted molar refractivity (Wildman–Crippen MR) is 62.9 cm³/mol. The Bertz CT molecular complexity index is 662. The summed E-state index contributed by atoms with van der Waals surface area (Å²) < 4.78 is 66.0. The number of ketones is 1. The van der Waals surface area contributed by atoms with E-state index in [1.54, 1.807) is 0 Å². The lowest BCUT2D eigenvalue weighted by Crippen LogP contribution is -2.17. The maximum atomic E-state index is 13.4. The summed E-state index contributed by atoms with van der Waals surface area (Å²) >= 11 is 0. The topological polar surface area (TPSA) is 26.3 Å². The molecule has 0 aliphatic rings. The molecular formula is C14H7F5O2. The number of hydrogen-bond acceptors (Lipinski definition) is 2. The van der Waals surface area contributed by atoms with E-state index in [4.69, 9.17) is 0 Å². The largest absolute Gasteiger partial charge is 0.573 e. The number of carbonyl (C=O) groups excluding carboxylic acids is 1. The molecule has 0 atom stereocenters. The summed E-state index contributed by atoms with van der Waals surface area (Å²) in [6, 6.07) is 6.27. The molecule has 0 N–H and O–H groups in total. The van der Waals surface area contributed by atoms with Gasteiger partial charge in [-0.3, -0.25) is 4.79 Å². The predicted octanol–water partition coefficient (Wildman–Crippen LogP) is 4.09. The van der Waals surface area contributed by atoms with Crippen LogP contribution in [-0.4, -0.2) is 12.1 Å². The molecule has 2 rings (SSSR count). The zero-order valence-corrected chi connectivity index (χ0v) is 10.2. The summed E-state index contributed by atoms with van der Waals surface area (Å²) in [7, 11) is 0. The summed E-state index contributed by atoms with van der Waals surface area (Å²) in [6.07, 6.45) is -4.85. The number of halogens is 5. The van der Waals surface area contributed by atoms with Crippen LogP contribution in [0.3, 0.4) is 0 Å². The van der Waals surface area contributed by atoms with Crippen LogP contribution in [0.15, 0.2) is 42.5 Å². The first kappa shape index (κ1) is 15.0. The van der Waals surface area contributed by atoms with Gasteiger partial charge in [0.25, 0.3) is 0 Å². The van der Waals surface area contributed by atoms with Crippen molar-refractivity contribution in [2.75, 3.05) is 0 Å². The van der Waals surface area contributed by atoms with Crippen LogP contribution in [0.5, 0.6) is 5.75 Å². The van der Waals surface area contributed by atoms with Gasteiger partial charge in [0, 0.05) is 5.56 Å². The van der Waals surface area contributed by atoms with Crippen molar-refractivity contribution < 1.29 is 31.5 Å². The quantitative estimate of drug-likeness (QED) is 0.630. The van der Waals surface area contributed by atoms with E-state index in [0.717, 1.165) is 42.5 Å². The number of carbonyl (C=O) groups is 1. The molecule has 0 aliphatic heterocycles. The third kappa shape index (κ3) is 3.77. The second kappa shape index (κ2) is 5.51. The van der Waals surface area contributed by atoms with Crippen molar-refractivity contribution in [1.29, 1.82) is 0 Å². The smallest absolute Gasteiger partial charge is 0.406 e. The zero-order valence-electron chi connectivity index (χ0n) is 10.2. The molecule has 0 bridgehead atoms. The Morgan fingerprint density at radius 3 is 2.14 bits per heavy atom. The van der Waals surface area contributed by atoms with E-state index < -0.39 is 35.1 Å². The summed E-state index contributed by atoms with van der Waals surface area (Å²) in [5, 5.41) is 0. The molecule has 2 nitrogen and oxygen atoms in total. The number of alkyl halides is 3. The molecule has 0 radical (unpaired) electrons. The molecule has 21 heavy (non-hydrogen) atoms. The van der Waals surface area contributed by atoms with Crippen molar-refractivity contribution in [1.82, 2.24) is 0 Å². The Morgan fingerprint density at radius 2 is 1.57 bits per heavy atom. The molecule has 0 aromatic heterocycles. The van der Waals surface area contributed by atoms with Crippen molar-refractivity contribution in [3.05, 3.63) is 65.2 Å². The van der Waals surface area contributed by atoms with E-state index in [-0.39, 0.29) is 5.56 Å². The van der Waals surface area contributed by atoms with E-state index in [0.29, 0.717) is 0 Å². The molecular weight excluding hydrogens is 295 g/mol. The molecule has 0 saturated heterocycles. The average molecular weight is 302 g/mol. The molecule has 2 aromatic rings. The minimum Gasteiger partial charge on any atom is -0.406 e. The van der Waals surface area contributed by atoms with Crippen LogP contribution in [0.1, 0.15) is 15.9 Å². The number of hydrogen-bond donors (Lipinski definition) is 0. The fourth-order valence-corrected chi connectivity index (χ4v) is 1.63. The van der Waals surface area contributed by atoms with E-state index in [9.17, 15) is 26.7 Å². The Balaban J connectivity index is 2.26. The molecule has 0 amide bonds. The first-order chi connectivity index (χ1) is 9.76. The Morgan fingerprint density at radius 1 is 0.952 bits per heavy atom. The number of benzene rings is 2. The van der Waals surface area contributed by atoms with Crippen LogP contribution in [0, 0.1) is 11.6 Å². The standard InChI is InChI=1S/C14H7F5O2/c15-9-3-6-12(16)11(7-9)13(20)8-1-4-10(5-2-8)21-14(17,18)19/h1-7H. The Labute approximate surface area is 115 Å². The highest BCUT2D eigenvalue weighted by Gasteiger charge is 2.31. The molecule has 110 valence electrons. The molecule has 0 spiro atoms. The van der Waals surface area contributed by atoms with Gasteiger partial charge in [-0.2, -0.15) is 0 Å². The SMILES string of the molecule is O=C(c1ccc(OC(F)(F)F)cc1)c1cc(F)ccc1F. The Kier molecular flexibility index (Phi) is 3.93. The van der Waals surface area contributed by atoms with Crippen molar-refractivity contribution >= 4 is 5.78 Å². The minimum absolute atomic E-state index is 0.0889. The Hall–Kier alpha value is -2.44. The molecule has 0 fully saturated rings. The van der Waals surface area contributed by atoms with Crippen molar-refractivity contribution in [2.45, 2.75) is 6.36 Å². The van der Waals surface area contributed by atoms with E-state index in [1.165, 1.54) is 0 Å². The lowest BCUT2D eigenvalue weighted by atomic mass is 10.0. The summed E-state index contributed by atoms with van der Waals surface area (Å²) in [4.78, 5) is 11.9. The second-order valence-electron chi connectivity index (χ2n) is 4.03. The van der Waals surface area contributed by atoms with Crippen molar-refractivity contribution in [3.63, 3.8) is 0 Å². The normalized spacial score (nSPS) is 11.3. The van der Waals surface area contributed by atoms with E-state index >= 15 is 0 Å². The van der Waals surface area contributed by atoms with Crippen LogP contribution in [0.4, 0.5) is 22.0 Å². The summed E-state index contributed by atoms with van der Waals surface area (Å²) in [6.45, 7) is 0. The third-order valence-electron chi connectivity index (χ3n) is 2.52. The maximum Gasteiger partial charge on any atom is 0.573 e. The monoisotopic (exact) mass is 302 g/mol. The highest BCUT2D eigenvalue weighted by molar-refractivity contribution is 6.09. The highest BCUT2D eigenvalue weighted by atomic mass is 19.4. The van der Waals surface area contributed by atoms with Gasteiger partial charge < -0.3 is 4.74 Å². The van der Waals surface area contributed by atoms with Gasteiger partial charge in [-0.1, -0.05) is 0 Å². The average Bonchev–Trinajstić information content (AvgIpc) is 2.40. The van der Waals surface area contributed by atoms with Gasteiger partial charge >= 0.3 is 6.36 Å². The molecule has 7 heteroatoms. The van der Waals surface area contributed by atoms with Gasteiger partial charge in [-0.15, -0.1) is 13.2 Å². The van der Waals surface area contributed by atoms with Gasteiger partial charge in [0.2, 0.25) is 0 Å². The fraction of sp³-hybridized carbons (Fsp3) is 0.0714. The summed E-state index contributed by atoms with van der Waals surface area (Å²) in [5.74, 6) is -3.07. The number of ether oxygens (including phenoxy) is 1. The lowest BCUT2D eigenvalue weighted by Gasteiger charge is -2.09. The zero-order chi connectivity index (χ0) is 15.6. The molecule has 0 saturated carbocycles. The first-order valence-corrected chi connectivity index (χ1v) is 5.62. The van der Waals surface area contributed by atoms with Crippen LogP contribution in [-0.2, 0) is 0 Å². The molecule has 2 aromatic carbocycles. The van der Waals surface area contributed by atoms with Crippen LogP contribution >= 0.6 is 0 Å². The first-order valence-electron chi connectivity index (χ1n) is 5.62. The second-order valence-corrected chi connectivity index (χ2v) is 4.03. The fourth-order valence-electron chi connectivity index (χ4n) is 1.63. The highest BCUT2D eigenvalue weighted by Crippen LogP contribution is 2.24. The van der Waals surface area contributed by atoms with Gasteiger partial charge in [-0.05, 0) is 42.5 Å². The van der Waals surface area contributed by atoms with E-state index in [2.05, 4.69) is 4.74 Å². The minimum atomic E-state index is -4.85. The molecule has 0 aliphatic carbocycles. The number of rotatable bonds is 3. The molecule has 0 heterocycles. The van der Waals surface area contributed by atoms with Crippen molar-refractivity contribution in [3.8, 4) is 5.75 Å². The van der Waals surface area contributed by atoms with Gasteiger partial charge in [0.1, 0.15) is 17.4 Å². The van der Waals surface area contributed by atoms with Gasteiger partial charge in [0.15, 0.2) is 5.78 Å². The van der Waals surface area contributed by atoms with Crippen LogP contribution < -0.4 is 4.74 Å². The third-order valence-corrected chi connectivity index (χ3v) is 2.52. The van der Waals surface area contributed by atoms with Crippen molar-refractivity contribution in [2.24, 2.45) is 0 Å². The van der Waals surface area contributed by atoms with Crippen LogP contribution in [0.2, 0.25) is 0 Å². The lowest BCUT2D eigenvalue weighted by molar-refractivity contribution is -0.274. The van der Waals surface area contributed by atoms with E-state index in [1.807, 2.05) is 0 Å².